The molecule has 106 valence electrons. The zero-order valence-corrected chi connectivity index (χ0v) is 11.6. The van der Waals surface area contributed by atoms with Crippen molar-refractivity contribution in [3.63, 3.8) is 0 Å². The van der Waals surface area contributed by atoms with Crippen LogP contribution in [0.25, 0.3) is 0 Å². The quantitative estimate of drug-likeness (QED) is 0.694. The lowest BCUT2D eigenvalue weighted by molar-refractivity contribution is -0.137. The van der Waals surface area contributed by atoms with Gasteiger partial charge in [-0.1, -0.05) is 6.07 Å². The molecule has 2 rings (SSSR count). The van der Waals surface area contributed by atoms with Crippen LogP contribution in [0.3, 0.4) is 0 Å². The van der Waals surface area contributed by atoms with Gasteiger partial charge in [0.1, 0.15) is 18.2 Å². The van der Waals surface area contributed by atoms with E-state index in [4.69, 9.17) is 4.74 Å². The van der Waals surface area contributed by atoms with Gasteiger partial charge in [0.15, 0.2) is 0 Å². The molecule has 0 atom stereocenters. The van der Waals surface area contributed by atoms with Gasteiger partial charge in [0.25, 0.3) is 0 Å². The number of rotatable bonds is 3. The van der Waals surface area contributed by atoms with Crippen LogP contribution in [-0.4, -0.2) is 0 Å². The maximum absolute atomic E-state index is 13.0. The third-order valence-corrected chi connectivity index (χ3v) is 3.18. The molecule has 0 unspecified atom stereocenters. The van der Waals surface area contributed by atoms with Crippen molar-refractivity contribution in [1.29, 1.82) is 0 Å². The fourth-order valence-corrected chi connectivity index (χ4v) is 1.96. The van der Waals surface area contributed by atoms with Crippen molar-refractivity contribution in [2.45, 2.75) is 12.8 Å². The molecule has 0 saturated heterocycles. The molecule has 0 bridgehead atoms. The number of halogens is 5. The molecule has 0 saturated carbocycles. The van der Waals surface area contributed by atoms with Crippen LogP contribution < -0.4 is 4.74 Å². The monoisotopic (exact) mass is 348 g/mol. The van der Waals surface area contributed by atoms with Gasteiger partial charge in [-0.3, -0.25) is 0 Å². The fraction of sp³-hybridized carbons (Fsp3) is 0.143. The van der Waals surface area contributed by atoms with Crippen LogP contribution in [0.2, 0.25) is 0 Å². The topological polar surface area (TPSA) is 9.23 Å². The van der Waals surface area contributed by atoms with Crippen molar-refractivity contribution in [2.75, 3.05) is 0 Å². The normalized spacial score (nSPS) is 11.4. The molecule has 0 spiro atoms. The molecule has 2 aromatic rings. The van der Waals surface area contributed by atoms with E-state index in [1.165, 1.54) is 18.2 Å². The van der Waals surface area contributed by atoms with Crippen LogP contribution in [0.4, 0.5) is 17.6 Å². The van der Waals surface area contributed by atoms with Gasteiger partial charge in [0, 0.05) is 0 Å². The lowest BCUT2D eigenvalue weighted by atomic mass is 10.2. The summed E-state index contributed by atoms with van der Waals surface area (Å²) in [4.78, 5) is 0. The summed E-state index contributed by atoms with van der Waals surface area (Å²) >= 11 is 3.05. The van der Waals surface area contributed by atoms with Gasteiger partial charge in [-0.2, -0.15) is 13.2 Å². The van der Waals surface area contributed by atoms with E-state index in [0.717, 1.165) is 12.1 Å². The third-order valence-electron chi connectivity index (χ3n) is 2.57. The summed E-state index contributed by atoms with van der Waals surface area (Å²) in [7, 11) is 0. The summed E-state index contributed by atoms with van der Waals surface area (Å²) in [6, 6.07) is 8.80. The second kappa shape index (κ2) is 5.83. The first-order valence-corrected chi connectivity index (χ1v) is 6.39. The SMILES string of the molecule is Fc1ccc(COc2ccc(C(F)(F)F)cc2)cc1Br. The van der Waals surface area contributed by atoms with E-state index in [1.807, 2.05) is 0 Å². The van der Waals surface area contributed by atoms with Crippen LogP contribution in [-0.2, 0) is 12.8 Å². The molecular formula is C14H9BrF4O. The zero-order chi connectivity index (χ0) is 14.8. The van der Waals surface area contributed by atoms with Crippen LogP contribution in [0.1, 0.15) is 11.1 Å². The van der Waals surface area contributed by atoms with Crippen LogP contribution >= 0.6 is 15.9 Å². The van der Waals surface area contributed by atoms with Crippen molar-refractivity contribution in [3.05, 3.63) is 63.9 Å². The van der Waals surface area contributed by atoms with Crippen molar-refractivity contribution in [3.8, 4) is 5.75 Å². The average Bonchev–Trinajstić information content (AvgIpc) is 2.40. The highest BCUT2D eigenvalue weighted by atomic mass is 79.9. The Kier molecular flexibility index (Phi) is 4.32. The Labute approximate surface area is 121 Å². The van der Waals surface area contributed by atoms with Crippen LogP contribution in [0.5, 0.6) is 5.75 Å². The van der Waals surface area contributed by atoms with E-state index in [2.05, 4.69) is 15.9 Å². The standard InChI is InChI=1S/C14H9BrF4O/c15-12-7-9(1-6-13(12)16)8-20-11-4-2-10(3-5-11)14(17,18)19/h1-7H,8H2. The van der Waals surface area contributed by atoms with E-state index in [-0.39, 0.29) is 12.4 Å². The Bertz CT molecular complexity index is 593. The lowest BCUT2D eigenvalue weighted by Crippen LogP contribution is -2.04. The molecule has 0 amide bonds. The van der Waals surface area contributed by atoms with Gasteiger partial charge in [-0.05, 0) is 57.9 Å². The van der Waals surface area contributed by atoms with Gasteiger partial charge in [0.2, 0.25) is 0 Å². The minimum absolute atomic E-state index is 0.143. The Morgan fingerprint density at radius 3 is 2.20 bits per heavy atom. The average molecular weight is 349 g/mol. The van der Waals surface area contributed by atoms with Crippen molar-refractivity contribution in [1.82, 2.24) is 0 Å². The number of alkyl halides is 3. The van der Waals surface area contributed by atoms with Gasteiger partial charge < -0.3 is 4.74 Å². The second-order valence-corrected chi connectivity index (χ2v) is 4.91. The Balaban J connectivity index is 2.02. The first-order chi connectivity index (χ1) is 9.36. The molecule has 6 heteroatoms. The lowest BCUT2D eigenvalue weighted by Gasteiger charge is -2.09. The summed E-state index contributed by atoms with van der Waals surface area (Å²) in [5.41, 5.74) is -0.0208. The molecule has 0 aliphatic carbocycles. The van der Waals surface area contributed by atoms with E-state index in [0.29, 0.717) is 15.8 Å². The van der Waals surface area contributed by atoms with Crippen molar-refractivity contribution >= 4 is 15.9 Å². The highest BCUT2D eigenvalue weighted by molar-refractivity contribution is 9.10. The number of benzene rings is 2. The first kappa shape index (κ1) is 14.8. The van der Waals surface area contributed by atoms with Crippen LogP contribution in [0.15, 0.2) is 46.9 Å². The molecule has 0 N–H and O–H groups in total. The van der Waals surface area contributed by atoms with Crippen molar-refractivity contribution in [2.24, 2.45) is 0 Å². The van der Waals surface area contributed by atoms with E-state index in [9.17, 15) is 17.6 Å². The number of hydrogen-bond acceptors (Lipinski definition) is 1. The minimum Gasteiger partial charge on any atom is -0.489 e. The first-order valence-electron chi connectivity index (χ1n) is 5.60. The predicted octanol–water partition coefficient (Wildman–Crippen LogP) is 5.19. The van der Waals surface area contributed by atoms with Gasteiger partial charge >= 0.3 is 6.18 Å². The molecular weight excluding hydrogens is 340 g/mol. The number of hydrogen-bond donors (Lipinski definition) is 0. The molecule has 1 nitrogen and oxygen atoms in total. The highest BCUT2D eigenvalue weighted by Crippen LogP contribution is 2.30. The van der Waals surface area contributed by atoms with Crippen LogP contribution in [0, 0.1) is 5.82 Å². The fourth-order valence-electron chi connectivity index (χ4n) is 1.54. The minimum atomic E-state index is -4.36. The molecule has 0 fully saturated rings. The zero-order valence-electron chi connectivity index (χ0n) is 10.0. The van der Waals surface area contributed by atoms with Gasteiger partial charge in [0.05, 0.1) is 10.0 Å². The van der Waals surface area contributed by atoms with E-state index in [1.54, 1.807) is 12.1 Å². The van der Waals surface area contributed by atoms with Gasteiger partial charge in [-0.25, -0.2) is 4.39 Å². The Morgan fingerprint density at radius 1 is 1.00 bits per heavy atom. The summed E-state index contributed by atoms with van der Waals surface area (Å²) in [6.45, 7) is 0.143. The summed E-state index contributed by atoms with van der Waals surface area (Å²) in [5, 5.41) is 0. The molecule has 20 heavy (non-hydrogen) atoms. The number of ether oxygens (including phenoxy) is 1. The Morgan fingerprint density at radius 2 is 1.65 bits per heavy atom. The highest BCUT2D eigenvalue weighted by Gasteiger charge is 2.29. The molecule has 0 aromatic heterocycles. The summed E-state index contributed by atoms with van der Waals surface area (Å²) in [6.07, 6.45) is -4.36. The maximum Gasteiger partial charge on any atom is 0.416 e. The van der Waals surface area contributed by atoms with E-state index >= 15 is 0 Å². The van der Waals surface area contributed by atoms with E-state index < -0.39 is 11.7 Å². The molecule has 0 aliphatic heterocycles. The molecule has 2 aromatic carbocycles. The molecule has 0 radical (unpaired) electrons. The largest absolute Gasteiger partial charge is 0.489 e. The summed E-state index contributed by atoms with van der Waals surface area (Å²) in [5.74, 6) is -0.0678. The van der Waals surface area contributed by atoms with Gasteiger partial charge in [-0.15, -0.1) is 0 Å². The second-order valence-electron chi connectivity index (χ2n) is 4.06. The maximum atomic E-state index is 13.0. The third kappa shape index (κ3) is 3.72. The molecule has 0 aliphatic rings. The molecule has 0 heterocycles. The van der Waals surface area contributed by atoms with Crippen molar-refractivity contribution < 1.29 is 22.3 Å². The predicted molar refractivity (Wildman–Crippen MR) is 69.9 cm³/mol. The Hall–Kier alpha value is -1.56. The summed E-state index contributed by atoms with van der Waals surface area (Å²) < 4.78 is 55.8. The smallest absolute Gasteiger partial charge is 0.416 e.